The molecule has 0 N–H and O–H groups in total. The van der Waals surface area contributed by atoms with Crippen molar-refractivity contribution in [1.82, 2.24) is 4.98 Å². The highest BCUT2D eigenvalue weighted by Gasteiger charge is 2.27. The number of pyridine rings is 1. The van der Waals surface area contributed by atoms with Crippen LogP contribution in [0.25, 0.3) is 0 Å². The lowest BCUT2D eigenvalue weighted by Crippen LogP contribution is -2.38. The summed E-state index contributed by atoms with van der Waals surface area (Å²) >= 11 is 0. The van der Waals surface area contributed by atoms with Gasteiger partial charge in [0.05, 0.1) is 5.69 Å². The zero-order valence-corrected chi connectivity index (χ0v) is 11.7. The van der Waals surface area contributed by atoms with E-state index in [9.17, 15) is 19.2 Å². The van der Waals surface area contributed by atoms with Crippen LogP contribution in [-0.2, 0) is 19.2 Å². The second kappa shape index (κ2) is 6.05. The predicted octanol–water partition coefficient (Wildman–Crippen LogP) is 0.880. The van der Waals surface area contributed by atoms with Gasteiger partial charge in [-0.1, -0.05) is 0 Å². The molecule has 0 spiro atoms. The number of carbonyl (C=O) groups excluding carboxylic acids is 4. The number of aromatic nitrogens is 1. The molecule has 1 aromatic rings. The SMILES string of the molecule is CC(=O)N(C(C)=O)c1cccnc1N(C(C)=O)C(C)=O. The van der Waals surface area contributed by atoms with Gasteiger partial charge in [-0.25, -0.2) is 14.8 Å². The summed E-state index contributed by atoms with van der Waals surface area (Å²) in [5.74, 6) is -2.20. The molecule has 20 heavy (non-hydrogen) atoms. The number of hydrogen-bond acceptors (Lipinski definition) is 5. The second-order valence-corrected chi connectivity index (χ2v) is 4.09. The van der Waals surface area contributed by atoms with E-state index in [4.69, 9.17) is 0 Å². The van der Waals surface area contributed by atoms with Crippen LogP contribution in [0.3, 0.4) is 0 Å². The van der Waals surface area contributed by atoms with Crippen molar-refractivity contribution in [2.45, 2.75) is 27.7 Å². The van der Waals surface area contributed by atoms with Gasteiger partial charge in [0.25, 0.3) is 0 Å². The Bertz CT molecular complexity index is 504. The highest BCUT2D eigenvalue weighted by Crippen LogP contribution is 2.27. The van der Waals surface area contributed by atoms with Gasteiger partial charge in [-0.15, -0.1) is 0 Å². The molecule has 0 aromatic carbocycles. The third-order valence-electron chi connectivity index (χ3n) is 2.48. The summed E-state index contributed by atoms with van der Waals surface area (Å²) in [6.45, 7) is 4.82. The van der Waals surface area contributed by atoms with Gasteiger partial charge in [0.2, 0.25) is 23.6 Å². The smallest absolute Gasteiger partial charge is 0.231 e. The summed E-state index contributed by atoms with van der Waals surface area (Å²) in [6.07, 6.45) is 1.37. The Kier molecular flexibility index (Phi) is 4.68. The minimum absolute atomic E-state index is 0.0436. The first-order valence-electron chi connectivity index (χ1n) is 5.85. The summed E-state index contributed by atoms with van der Waals surface area (Å²) < 4.78 is 0. The van der Waals surface area contributed by atoms with Crippen LogP contribution in [0.4, 0.5) is 11.5 Å². The van der Waals surface area contributed by atoms with Crippen molar-refractivity contribution in [1.29, 1.82) is 0 Å². The van der Waals surface area contributed by atoms with Crippen LogP contribution in [0.5, 0.6) is 0 Å². The normalized spacial score (nSPS) is 9.80. The quantitative estimate of drug-likeness (QED) is 0.800. The number of nitrogens with zero attached hydrogens (tertiary/aromatic N) is 3. The first-order valence-corrected chi connectivity index (χ1v) is 5.85. The summed E-state index contributed by atoms with van der Waals surface area (Å²) in [5.41, 5.74) is 0.0953. The van der Waals surface area contributed by atoms with E-state index >= 15 is 0 Å². The van der Waals surface area contributed by atoms with Gasteiger partial charge >= 0.3 is 0 Å². The molecule has 0 saturated carbocycles. The molecule has 0 radical (unpaired) electrons. The fourth-order valence-corrected chi connectivity index (χ4v) is 1.82. The molecule has 4 amide bonds. The van der Waals surface area contributed by atoms with Gasteiger partial charge in [-0.05, 0) is 12.1 Å². The lowest BCUT2D eigenvalue weighted by atomic mass is 10.3. The van der Waals surface area contributed by atoms with Gasteiger partial charge in [0, 0.05) is 33.9 Å². The molecule has 1 heterocycles. The number of anilines is 2. The molecule has 0 bridgehead atoms. The average molecular weight is 277 g/mol. The van der Waals surface area contributed by atoms with E-state index in [1.54, 1.807) is 0 Å². The molecule has 1 aromatic heterocycles. The van der Waals surface area contributed by atoms with Crippen molar-refractivity contribution in [3.63, 3.8) is 0 Å². The molecular weight excluding hydrogens is 262 g/mol. The largest absolute Gasteiger partial charge is 0.274 e. The maximum Gasteiger partial charge on any atom is 0.231 e. The third-order valence-corrected chi connectivity index (χ3v) is 2.48. The first kappa shape index (κ1) is 15.5. The second-order valence-electron chi connectivity index (χ2n) is 4.09. The van der Waals surface area contributed by atoms with Gasteiger partial charge in [-0.3, -0.25) is 19.2 Å². The van der Waals surface area contributed by atoms with Crippen LogP contribution in [0.1, 0.15) is 27.7 Å². The zero-order valence-electron chi connectivity index (χ0n) is 11.7. The van der Waals surface area contributed by atoms with Gasteiger partial charge in [0.1, 0.15) is 0 Å². The predicted molar refractivity (Wildman–Crippen MR) is 71.9 cm³/mol. The topological polar surface area (TPSA) is 87.7 Å². The first-order chi connectivity index (χ1) is 9.27. The maximum atomic E-state index is 11.6. The van der Waals surface area contributed by atoms with Gasteiger partial charge < -0.3 is 0 Å². The van der Waals surface area contributed by atoms with Crippen molar-refractivity contribution < 1.29 is 19.2 Å². The summed E-state index contributed by atoms with van der Waals surface area (Å²) in [6, 6.07) is 2.96. The standard InChI is InChI=1S/C13H15N3O4/c1-8(17)15(9(2)18)12-6-5-7-14-13(12)16(10(3)19)11(4)20/h5-7H,1-4H3. The molecule has 0 atom stereocenters. The monoisotopic (exact) mass is 277 g/mol. The Morgan fingerprint density at radius 1 is 0.850 bits per heavy atom. The molecule has 0 aliphatic carbocycles. The van der Waals surface area contributed by atoms with E-state index in [0.717, 1.165) is 9.80 Å². The fourth-order valence-electron chi connectivity index (χ4n) is 1.82. The van der Waals surface area contributed by atoms with Gasteiger partial charge in [0.15, 0.2) is 5.82 Å². The summed E-state index contributed by atoms with van der Waals surface area (Å²) in [4.78, 5) is 52.0. The molecule has 7 heteroatoms. The Balaban J connectivity index is 3.50. The molecule has 1 rings (SSSR count). The lowest BCUT2D eigenvalue weighted by molar-refractivity contribution is -0.126. The van der Waals surface area contributed by atoms with E-state index in [1.807, 2.05) is 0 Å². The van der Waals surface area contributed by atoms with Crippen molar-refractivity contribution in [3.8, 4) is 0 Å². The molecule has 106 valence electrons. The fraction of sp³-hybridized carbons (Fsp3) is 0.308. The van der Waals surface area contributed by atoms with Crippen LogP contribution in [-0.4, -0.2) is 28.6 Å². The van der Waals surface area contributed by atoms with E-state index in [1.165, 1.54) is 46.0 Å². The minimum atomic E-state index is -0.551. The van der Waals surface area contributed by atoms with E-state index in [2.05, 4.69) is 4.98 Å². The minimum Gasteiger partial charge on any atom is -0.274 e. The third kappa shape index (κ3) is 3.05. The average Bonchev–Trinajstić information content (AvgIpc) is 2.29. The van der Waals surface area contributed by atoms with Crippen molar-refractivity contribution in [2.75, 3.05) is 9.80 Å². The van der Waals surface area contributed by atoms with Crippen LogP contribution < -0.4 is 9.80 Å². The van der Waals surface area contributed by atoms with Crippen LogP contribution in [0, 0.1) is 0 Å². The maximum absolute atomic E-state index is 11.6. The van der Waals surface area contributed by atoms with E-state index in [0.29, 0.717) is 0 Å². The number of rotatable bonds is 2. The van der Waals surface area contributed by atoms with Crippen LogP contribution >= 0.6 is 0 Å². The Morgan fingerprint density at radius 2 is 1.30 bits per heavy atom. The lowest BCUT2D eigenvalue weighted by Gasteiger charge is -2.24. The number of imide groups is 2. The summed E-state index contributed by atoms with van der Waals surface area (Å²) in [5, 5.41) is 0. The highest BCUT2D eigenvalue weighted by atomic mass is 16.2. The number of amides is 4. The molecule has 7 nitrogen and oxygen atoms in total. The van der Waals surface area contributed by atoms with Gasteiger partial charge in [-0.2, -0.15) is 0 Å². The van der Waals surface area contributed by atoms with Crippen molar-refractivity contribution in [2.24, 2.45) is 0 Å². The Hall–Kier alpha value is -2.57. The molecular formula is C13H15N3O4. The molecule has 0 saturated heterocycles. The highest BCUT2D eigenvalue weighted by molar-refractivity contribution is 6.19. The van der Waals surface area contributed by atoms with E-state index < -0.39 is 23.6 Å². The molecule has 0 aliphatic heterocycles. The Morgan fingerprint density at radius 3 is 1.70 bits per heavy atom. The number of carbonyl (C=O) groups is 4. The number of hydrogen-bond donors (Lipinski definition) is 0. The molecule has 0 unspecified atom stereocenters. The van der Waals surface area contributed by atoms with Crippen molar-refractivity contribution >= 4 is 35.1 Å². The zero-order chi connectivity index (χ0) is 15.4. The Labute approximate surface area is 116 Å². The summed E-state index contributed by atoms with van der Waals surface area (Å²) in [7, 11) is 0. The van der Waals surface area contributed by atoms with Crippen LogP contribution in [0.2, 0.25) is 0 Å². The molecule has 0 aliphatic rings. The van der Waals surface area contributed by atoms with E-state index in [-0.39, 0.29) is 11.5 Å². The molecule has 0 fully saturated rings. The van der Waals surface area contributed by atoms with Crippen molar-refractivity contribution in [3.05, 3.63) is 18.3 Å². The van der Waals surface area contributed by atoms with Crippen LogP contribution in [0.15, 0.2) is 18.3 Å².